The largest absolute Gasteiger partial charge is 0.497 e. The van der Waals surface area contributed by atoms with Crippen LogP contribution in [0.15, 0.2) is 76.7 Å². The zero-order chi connectivity index (χ0) is 23.6. The first kappa shape index (κ1) is 30.8. The fourth-order valence-electron chi connectivity index (χ4n) is 2.81. The van der Waals surface area contributed by atoms with Gasteiger partial charge in [0.15, 0.2) is 10.3 Å². The van der Waals surface area contributed by atoms with Gasteiger partial charge in [0, 0.05) is 11.5 Å². The second-order valence-electron chi connectivity index (χ2n) is 6.79. The predicted molar refractivity (Wildman–Crippen MR) is 158 cm³/mol. The Balaban J connectivity index is 0.00000306. The van der Waals surface area contributed by atoms with E-state index in [9.17, 15) is 4.39 Å². The molecule has 3 rings (SSSR count). The van der Waals surface area contributed by atoms with Gasteiger partial charge in [-0.3, -0.25) is 0 Å². The summed E-state index contributed by atoms with van der Waals surface area (Å²) in [5.41, 5.74) is 15.4. The van der Waals surface area contributed by atoms with Crippen molar-refractivity contribution < 1.29 is 13.9 Å². The van der Waals surface area contributed by atoms with Crippen molar-refractivity contribution in [2.75, 3.05) is 14.2 Å². The van der Waals surface area contributed by atoms with Crippen molar-refractivity contribution >= 4 is 79.2 Å². The molecule has 3 aromatic rings. The summed E-state index contributed by atoms with van der Waals surface area (Å²) < 4.78 is 24.2. The fraction of sp³-hybridized carbons (Fsp3) is 0.167. The first-order valence-corrected chi connectivity index (χ1v) is 11.9. The molecule has 0 aliphatic rings. The van der Waals surface area contributed by atoms with Crippen LogP contribution in [0, 0.1) is 5.82 Å². The van der Waals surface area contributed by atoms with Gasteiger partial charge in [-0.15, -0.1) is 34.0 Å². The SMILES string of the molecule is Br.Br.COc1ccc(N=C(N)SCc2ccc(F)cc2CSC(N)=Nc2ccc(OC)cc2)cc1. The number of thioether (sulfide) groups is 2. The van der Waals surface area contributed by atoms with Crippen LogP contribution < -0.4 is 20.9 Å². The van der Waals surface area contributed by atoms with Gasteiger partial charge in [0.05, 0.1) is 25.6 Å². The molecular weight excluding hydrogens is 619 g/mol. The van der Waals surface area contributed by atoms with Gasteiger partial charge in [-0.25, -0.2) is 14.4 Å². The van der Waals surface area contributed by atoms with Crippen LogP contribution in [0.1, 0.15) is 11.1 Å². The molecule has 0 aromatic heterocycles. The third kappa shape index (κ3) is 10.1. The molecular formula is C24H27Br2FN4O2S2. The molecule has 0 bridgehead atoms. The highest BCUT2D eigenvalue weighted by Gasteiger charge is 2.08. The zero-order valence-electron chi connectivity index (χ0n) is 19.1. The maximum absolute atomic E-state index is 13.9. The van der Waals surface area contributed by atoms with Crippen molar-refractivity contribution in [2.24, 2.45) is 21.5 Å². The Morgan fingerprint density at radius 2 is 1.14 bits per heavy atom. The second-order valence-corrected chi connectivity index (χ2v) is 8.78. The van der Waals surface area contributed by atoms with Crippen LogP contribution in [0.5, 0.6) is 11.5 Å². The Hall–Kier alpha value is -2.21. The number of hydrogen-bond donors (Lipinski definition) is 2. The number of hydrogen-bond acceptors (Lipinski definition) is 6. The molecule has 11 heteroatoms. The maximum Gasteiger partial charge on any atom is 0.159 e. The quantitative estimate of drug-likeness (QED) is 0.208. The van der Waals surface area contributed by atoms with Gasteiger partial charge in [0.2, 0.25) is 0 Å². The number of halogens is 3. The van der Waals surface area contributed by atoms with E-state index in [1.807, 2.05) is 48.5 Å². The standard InChI is InChI=1S/C24H25FN4O2S2.2BrH/c1-30-21-9-5-19(6-10-21)28-23(26)32-14-16-3-4-18(25)13-17(16)15-33-24(27)29-20-7-11-22(31-2)12-8-20;;/h3-13H,14-15H2,1-2H3,(H2,26,28)(H2,27,29);2*1H. The molecule has 0 unspecified atom stereocenters. The molecule has 3 aromatic carbocycles. The van der Waals surface area contributed by atoms with Crippen molar-refractivity contribution in [3.05, 3.63) is 83.7 Å². The lowest BCUT2D eigenvalue weighted by atomic mass is 10.1. The first-order valence-electron chi connectivity index (χ1n) is 9.96. The lowest BCUT2D eigenvalue weighted by Crippen LogP contribution is -2.08. The molecule has 4 N–H and O–H groups in total. The Bertz CT molecular complexity index is 1130. The van der Waals surface area contributed by atoms with Gasteiger partial charge in [0.1, 0.15) is 17.3 Å². The molecule has 0 saturated carbocycles. The Morgan fingerprint density at radius 3 is 1.57 bits per heavy atom. The number of rotatable bonds is 8. The second kappa shape index (κ2) is 15.7. The molecule has 6 nitrogen and oxygen atoms in total. The van der Waals surface area contributed by atoms with Crippen LogP contribution in [0.3, 0.4) is 0 Å². The molecule has 0 aliphatic heterocycles. The van der Waals surface area contributed by atoms with Crippen molar-refractivity contribution in [3.8, 4) is 11.5 Å². The van der Waals surface area contributed by atoms with Crippen molar-refractivity contribution in [1.82, 2.24) is 0 Å². The summed E-state index contributed by atoms with van der Waals surface area (Å²) in [7, 11) is 3.22. The molecule has 0 atom stereocenters. The monoisotopic (exact) mass is 644 g/mol. The number of benzene rings is 3. The number of ether oxygens (including phenoxy) is 2. The maximum atomic E-state index is 13.9. The number of nitrogens with zero attached hydrogens (tertiary/aromatic N) is 2. The number of methoxy groups -OCH3 is 2. The molecule has 35 heavy (non-hydrogen) atoms. The molecule has 0 radical (unpaired) electrons. The first-order chi connectivity index (χ1) is 16.0. The van der Waals surface area contributed by atoms with E-state index in [-0.39, 0.29) is 39.8 Å². The third-order valence-corrected chi connectivity index (χ3v) is 6.23. The van der Waals surface area contributed by atoms with Gasteiger partial charge in [-0.2, -0.15) is 0 Å². The van der Waals surface area contributed by atoms with Crippen LogP contribution in [-0.2, 0) is 11.5 Å². The van der Waals surface area contributed by atoms with Crippen LogP contribution in [0.25, 0.3) is 0 Å². The van der Waals surface area contributed by atoms with E-state index in [2.05, 4.69) is 9.98 Å². The van der Waals surface area contributed by atoms with Gasteiger partial charge in [-0.1, -0.05) is 29.6 Å². The predicted octanol–water partition coefficient (Wildman–Crippen LogP) is 6.76. The number of aliphatic imine (C=N–C) groups is 2. The zero-order valence-corrected chi connectivity index (χ0v) is 24.2. The molecule has 0 amide bonds. The summed E-state index contributed by atoms with van der Waals surface area (Å²) in [6, 6.07) is 19.3. The highest BCUT2D eigenvalue weighted by Crippen LogP contribution is 2.25. The summed E-state index contributed by atoms with van der Waals surface area (Å²) in [5.74, 6) is 2.23. The Morgan fingerprint density at radius 1 is 0.714 bits per heavy atom. The summed E-state index contributed by atoms with van der Waals surface area (Å²) in [6.45, 7) is 0. The van der Waals surface area contributed by atoms with Crippen molar-refractivity contribution in [1.29, 1.82) is 0 Å². The van der Waals surface area contributed by atoms with E-state index in [0.29, 0.717) is 21.8 Å². The summed E-state index contributed by atoms with van der Waals surface area (Å²) in [4.78, 5) is 8.79. The summed E-state index contributed by atoms with van der Waals surface area (Å²) in [5, 5.41) is 0.812. The van der Waals surface area contributed by atoms with Crippen LogP contribution in [-0.4, -0.2) is 24.6 Å². The van der Waals surface area contributed by atoms with Crippen LogP contribution in [0.2, 0.25) is 0 Å². The van der Waals surface area contributed by atoms with Gasteiger partial charge in [-0.05, 0) is 71.8 Å². The minimum atomic E-state index is -0.301. The Labute approximate surface area is 234 Å². The average Bonchev–Trinajstić information content (AvgIpc) is 2.83. The van der Waals surface area contributed by atoms with Crippen LogP contribution >= 0.6 is 57.5 Å². The van der Waals surface area contributed by atoms with Crippen molar-refractivity contribution in [2.45, 2.75) is 11.5 Å². The summed E-state index contributed by atoms with van der Waals surface area (Å²) >= 11 is 2.73. The smallest absolute Gasteiger partial charge is 0.159 e. The van der Waals surface area contributed by atoms with E-state index in [0.717, 1.165) is 34.0 Å². The number of amidine groups is 2. The Kier molecular flexibility index (Phi) is 13.8. The normalized spacial score (nSPS) is 11.3. The number of nitrogens with two attached hydrogens (primary N) is 2. The highest BCUT2D eigenvalue weighted by molar-refractivity contribution is 8.93. The van der Waals surface area contributed by atoms with Gasteiger partial charge in [0.25, 0.3) is 0 Å². The topological polar surface area (TPSA) is 95.2 Å². The van der Waals surface area contributed by atoms with Gasteiger partial charge >= 0.3 is 0 Å². The summed E-state index contributed by atoms with van der Waals surface area (Å²) in [6.07, 6.45) is 0. The molecule has 0 saturated heterocycles. The molecule has 0 aliphatic carbocycles. The van der Waals surface area contributed by atoms with E-state index in [4.69, 9.17) is 20.9 Å². The van der Waals surface area contributed by atoms with E-state index >= 15 is 0 Å². The van der Waals surface area contributed by atoms with E-state index < -0.39 is 0 Å². The molecule has 0 heterocycles. The molecule has 188 valence electrons. The third-order valence-electron chi connectivity index (χ3n) is 4.54. The lowest BCUT2D eigenvalue weighted by Gasteiger charge is -2.10. The molecule has 0 fully saturated rings. The minimum Gasteiger partial charge on any atom is -0.497 e. The van der Waals surface area contributed by atoms with E-state index in [1.165, 1.54) is 35.7 Å². The fourth-order valence-corrected chi connectivity index (χ4v) is 4.30. The van der Waals surface area contributed by atoms with Crippen molar-refractivity contribution in [3.63, 3.8) is 0 Å². The van der Waals surface area contributed by atoms with E-state index in [1.54, 1.807) is 20.3 Å². The van der Waals surface area contributed by atoms with Gasteiger partial charge < -0.3 is 20.9 Å². The van der Waals surface area contributed by atoms with Crippen LogP contribution in [0.4, 0.5) is 15.8 Å². The minimum absolute atomic E-state index is 0. The molecule has 0 spiro atoms. The average molecular weight is 646 g/mol. The highest BCUT2D eigenvalue weighted by atomic mass is 79.9. The lowest BCUT2D eigenvalue weighted by molar-refractivity contribution is 0.415.